The lowest BCUT2D eigenvalue weighted by Gasteiger charge is -2.10. The number of anilines is 1. The minimum Gasteiger partial charge on any atom is -0.325 e. The highest BCUT2D eigenvalue weighted by Crippen LogP contribution is 2.38. The van der Waals surface area contributed by atoms with Crippen molar-refractivity contribution in [2.45, 2.75) is 30.4 Å². The van der Waals surface area contributed by atoms with E-state index < -0.39 is 0 Å². The zero-order valence-electron chi connectivity index (χ0n) is 12.6. The Hall–Kier alpha value is -2.07. The Balaban J connectivity index is 1.71. The van der Waals surface area contributed by atoms with Crippen molar-refractivity contribution in [1.82, 2.24) is 0 Å². The lowest BCUT2D eigenvalue weighted by atomic mass is 10.1. The fourth-order valence-electron chi connectivity index (χ4n) is 2.52. The lowest BCUT2D eigenvalue weighted by molar-refractivity contribution is -0.115. The minimum atomic E-state index is -0.113. The monoisotopic (exact) mass is 311 g/mol. The van der Waals surface area contributed by atoms with E-state index in [0.29, 0.717) is 11.3 Å². The van der Waals surface area contributed by atoms with Crippen molar-refractivity contribution in [2.75, 3.05) is 5.32 Å². The highest BCUT2D eigenvalue weighted by atomic mass is 32.2. The molecule has 22 heavy (non-hydrogen) atoms. The van der Waals surface area contributed by atoms with Gasteiger partial charge in [-0.25, -0.2) is 0 Å². The summed E-state index contributed by atoms with van der Waals surface area (Å²) >= 11 is 1.61. The molecule has 4 heteroatoms. The van der Waals surface area contributed by atoms with Crippen LogP contribution in [-0.2, 0) is 11.2 Å². The first kappa shape index (κ1) is 14.9. The van der Waals surface area contributed by atoms with Crippen LogP contribution in [0.1, 0.15) is 28.4 Å². The Bertz CT molecular complexity index is 755. The number of carbonyl (C=O) groups is 2. The van der Waals surface area contributed by atoms with Gasteiger partial charge in [-0.2, -0.15) is 0 Å². The molecule has 2 aromatic rings. The lowest BCUT2D eigenvalue weighted by Crippen LogP contribution is -2.24. The molecule has 0 spiro atoms. The molecule has 2 aromatic carbocycles. The number of benzene rings is 2. The standard InChI is InChI=1S/C18H17NO2S/c1-11-6-7-14-10-17(22-16(14)8-11)18(21)19-15-5-3-4-13(9-15)12(2)20/h3-9,17H,10H2,1-2H3,(H,19,21)/t17-/m1/s1. The van der Waals surface area contributed by atoms with E-state index >= 15 is 0 Å². The molecule has 0 bridgehead atoms. The molecule has 1 aliphatic rings. The predicted octanol–water partition coefficient (Wildman–Crippen LogP) is 3.85. The molecule has 1 heterocycles. The molecular weight excluding hydrogens is 294 g/mol. The second-order valence-electron chi connectivity index (χ2n) is 5.55. The fraction of sp³-hybridized carbons (Fsp3) is 0.222. The van der Waals surface area contributed by atoms with Gasteiger partial charge in [0.15, 0.2) is 5.78 Å². The van der Waals surface area contributed by atoms with Gasteiger partial charge in [-0.15, -0.1) is 11.8 Å². The van der Waals surface area contributed by atoms with E-state index in [9.17, 15) is 9.59 Å². The number of nitrogens with one attached hydrogen (secondary N) is 1. The third-order valence-electron chi connectivity index (χ3n) is 3.73. The average Bonchev–Trinajstić information content (AvgIpc) is 2.90. The number of ketones is 1. The molecule has 1 aliphatic heterocycles. The van der Waals surface area contributed by atoms with Gasteiger partial charge in [-0.1, -0.05) is 29.8 Å². The zero-order valence-corrected chi connectivity index (χ0v) is 13.4. The number of amides is 1. The van der Waals surface area contributed by atoms with Gasteiger partial charge in [0.2, 0.25) is 5.91 Å². The number of carbonyl (C=O) groups excluding carboxylic acids is 2. The molecule has 0 saturated carbocycles. The number of Topliss-reactive ketones (excluding diaryl/α,β-unsaturated/α-hetero) is 1. The Labute approximate surface area is 134 Å². The van der Waals surface area contributed by atoms with Crippen LogP contribution < -0.4 is 5.32 Å². The highest BCUT2D eigenvalue weighted by Gasteiger charge is 2.28. The van der Waals surface area contributed by atoms with Crippen molar-refractivity contribution in [3.05, 3.63) is 59.2 Å². The van der Waals surface area contributed by atoms with Gasteiger partial charge in [-0.05, 0) is 44.0 Å². The topological polar surface area (TPSA) is 46.2 Å². The van der Waals surface area contributed by atoms with E-state index in [2.05, 4.69) is 30.4 Å². The van der Waals surface area contributed by atoms with Crippen molar-refractivity contribution in [3.63, 3.8) is 0 Å². The highest BCUT2D eigenvalue weighted by molar-refractivity contribution is 8.01. The Morgan fingerprint density at radius 2 is 2.00 bits per heavy atom. The van der Waals surface area contributed by atoms with Crippen LogP contribution >= 0.6 is 11.8 Å². The molecule has 1 N–H and O–H groups in total. The summed E-state index contributed by atoms with van der Waals surface area (Å²) in [5, 5.41) is 2.80. The van der Waals surface area contributed by atoms with Crippen LogP contribution in [0.15, 0.2) is 47.4 Å². The van der Waals surface area contributed by atoms with E-state index in [0.717, 1.165) is 6.42 Å². The number of rotatable bonds is 3. The van der Waals surface area contributed by atoms with Crippen LogP contribution in [0.25, 0.3) is 0 Å². The summed E-state index contributed by atoms with van der Waals surface area (Å²) in [6.45, 7) is 3.58. The molecule has 0 aromatic heterocycles. The molecule has 3 nitrogen and oxygen atoms in total. The smallest absolute Gasteiger partial charge is 0.238 e. The van der Waals surface area contributed by atoms with E-state index in [4.69, 9.17) is 0 Å². The summed E-state index contributed by atoms with van der Waals surface area (Å²) in [4.78, 5) is 25.0. The van der Waals surface area contributed by atoms with Gasteiger partial charge in [0, 0.05) is 16.1 Å². The first-order valence-electron chi connectivity index (χ1n) is 7.21. The predicted molar refractivity (Wildman–Crippen MR) is 89.6 cm³/mol. The normalized spacial score (nSPS) is 16.2. The van der Waals surface area contributed by atoms with E-state index in [-0.39, 0.29) is 16.9 Å². The molecule has 0 aliphatic carbocycles. The maximum atomic E-state index is 12.4. The maximum Gasteiger partial charge on any atom is 0.238 e. The van der Waals surface area contributed by atoms with Gasteiger partial charge >= 0.3 is 0 Å². The maximum absolute atomic E-state index is 12.4. The van der Waals surface area contributed by atoms with Crippen molar-refractivity contribution in [1.29, 1.82) is 0 Å². The van der Waals surface area contributed by atoms with Crippen LogP contribution in [0.5, 0.6) is 0 Å². The molecule has 0 saturated heterocycles. The summed E-state index contributed by atoms with van der Waals surface area (Å²) in [7, 11) is 0. The quantitative estimate of drug-likeness (QED) is 0.876. The summed E-state index contributed by atoms with van der Waals surface area (Å²) in [6.07, 6.45) is 0.749. The third kappa shape index (κ3) is 3.07. The summed E-state index contributed by atoms with van der Waals surface area (Å²) in [5.41, 5.74) is 3.72. The summed E-state index contributed by atoms with van der Waals surface area (Å²) in [5.74, 6) is -0.0197. The van der Waals surface area contributed by atoms with Crippen LogP contribution in [0.3, 0.4) is 0 Å². The van der Waals surface area contributed by atoms with Gasteiger partial charge in [0.1, 0.15) is 0 Å². The molecule has 0 unspecified atom stereocenters. The molecule has 3 rings (SSSR count). The van der Waals surface area contributed by atoms with Crippen molar-refractivity contribution >= 4 is 29.1 Å². The summed E-state index contributed by atoms with van der Waals surface area (Å²) < 4.78 is 0. The van der Waals surface area contributed by atoms with Gasteiger partial charge in [0.25, 0.3) is 0 Å². The van der Waals surface area contributed by atoms with Gasteiger partial charge in [-0.3, -0.25) is 9.59 Å². The first-order chi connectivity index (χ1) is 10.5. The largest absolute Gasteiger partial charge is 0.325 e. The Kier molecular flexibility index (Phi) is 4.03. The van der Waals surface area contributed by atoms with Crippen LogP contribution in [-0.4, -0.2) is 16.9 Å². The number of thioether (sulfide) groups is 1. The molecule has 0 fully saturated rings. The number of hydrogen-bond acceptors (Lipinski definition) is 3. The zero-order chi connectivity index (χ0) is 15.7. The van der Waals surface area contributed by atoms with Crippen LogP contribution in [0.2, 0.25) is 0 Å². The molecule has 1 amide bonds. The van der Waals surface area contributed by atoms with Gasteiger partial charge < -0.3 is 5.32 Å². The second kappa shape index (κ2) is 5.97. The van der Waals surface area contributed by atoms with Crippen molar-refractivity contribution in [2.24, 2.45) is 0 Å². The van der Waals surface area contributed by atoms with Crippen LogP contribution in [0, 0.1) is 6.92 Å². The molecular formula is C18H17NO2S. The molecule has 1 atom stereocenters. The van der Waals surface area contributed by atoms with E-state index in [1.807, 2.05) is 0 Å². The SMILES string of the molecule is CC(=O)c1cccc(NC(=O)[C@H]2Cc3ccc(C)cc3S2)c1. The van der Waals surface area contributed by atoms with Crippen molar-refractivity contribution < 1.29 is 9.59 Å². The second-order valence-corrected chi connectivity index (χ2v) is 6.79. The number of hydrogen-bond donors (Lipinski definition) is 1. The van der Waals surface area contributed by atoms with E-state index in [1.54, 1.807) is 36.0 Å². The first-order valence-corrected chi connectivity index (χ1v) is 8.09. The minimum absolute atomic E-state index is 0.00535. The molecule has 0 radical (unpaired) electrons. The summed E-state index contributed by atoms with van der Waals surface area (Å²) in [6, 6.07) is 13.4. The number of aryl methyl sites for hydroxylation is 1. The van der Waals surface area contributed by atoms with E-state index in [1.165, 1.54) is 22.9 Å². The Morgan fingerprint density at radius 3 is 2.77 bits per heavy atom. The Morgan fingerprint density at radius 1 is 1.18 bits per heavy atom. The van der Waals surface area contributed by atoms with Crippen LogP contribution in [0.4, 0.5) is 5.69 Å². The molecule has 112 valence electrons. The van der Waals surface area contributed by atoms with Gasteiger partial charge in [0.05, 0.1) is 5.25 Å². The van der Waals surface area contributed by atoms with Crippen molar-refractivity contribution in [3.8, 4) is 0 Å². The average molecular weight is 311 g/mol. The fourth-order valence-corrected chi connectivity index (χ4v) is 3.81. The number of fused-ring (bicyclic) bond motifs is 1. The third-order valence-corrected chi connectivity index (χ3v) is 5.03.